The van der Waals surface area contributed by atoms with E-state index in [1.165, 1.54) is 0 Å². The average Bonchev–Trinajstić information content (AvgIpc) is 2.40. The Kier molecular flexibility index (Phi) is 7.80. The van der Waals surface area contributed by atoms with Gasteiger partial charge < -0.3 is 15.4 Å². The summed E-state index contributed by atoms with van der Waals surface area (Å²) in [5, 5.41) is 5.47. The molecule has 1 aromatic carbocycles. The lowest BCUT2D eigenvalue weighted by Gasteiger charge is -2.08. The van der Waals surface area contributed by atoms with Gasteiger partial charge in [-0.1, -0.05) is 18.2 Å². The molecule has 1 rings (SSSR count). The number of nitrogens with one attached hydrogen (secondary N) is 2. The molecular weight excluding hydrogens is 252 g/mol. The lowest BCUT2D eigenvalue weighted by molar-refractivity contribution is 0.239. The zero-order chi connectivity index (χ0) is 13.1. The molecule has 0 aliphatic rings. The van der Waals surface area contributed by atoms with Crippen LogP contribution in [0.3, 0.4) is 0 Å². The second-order valence-electron chi connectivity index (χ2n) is 3.74. The normalized spacial score (nSPS) is 9.83. The smallest absolute Gasteiger partial charge is 0.314 e. The Hall–Kier alpha value is -1.42. The summed E-state index contributed by atoms with van der Waals surface area (Å²) in [6.45, 7) is 1.79. The second kappa shape index (κ2) is 9.59. The van der Waals surface area contributed by atoms with E-state index in [4.69, 9.17) is 16.3 Å². The first-order valence-electron chi connectivity index (χ1n) is 6.08. The standard InChI is InChI=1S/C13H19ClN2O2/c14-8-4-9-15-13(17)16-10-5-11-18-12-6-2-1-3-7-12/h1-3,6-7H,4-5,8-11H2,(H2,15,16,17). The molecule has 100 valence electrons. The van der Waals surface area contributed by atoms with Crippen LogP contribution in [0.25, 0.3) is 0 Å². The highest BCUT2D eigenvalue weighted by molar-refractivity contribution is 6.17. The zero-order valence-electron chi connectivity index (χ0n) is 10.3. The van der Waals surface area contributed by atoms with Gasteiger partial charge in [-0.15, -0.1) is 11.6 Å². The van der Waals surface area contributed by atoms with Gasteiger partial charge in [0.1, 0.15) is 5.75 Å². The van der Waals surface area contributed by atoms with Gasteiger partial charge in [-0.3, -0.25) is 0 Å². The molecule has 0 unspecified atom stereocenters. The van der Waals surface area contributed by atoms with Crippen molar-refractivity contribution in [2.24, 2.45) is 0 Å². The number of rotatable bonds is 8. The largest absolute Gasteiger partial charge is 0.494 e. The van der Waals surface area contributed by atoms with Crippen LogP contribution in [0.4, 0.5) is 4.79 Å². The summed E-state index contributed by atoms with van der Waals surface area (Å²) < 4.78 is 5.50. The molecule has 0 aliphatic carbocycles. The van der Waals surface area contributed by atoms with Crippen molar-refractivity contribution in [3.05, 3.63) is 30.3 Å². The maximum Gasteiger partial charge on any atom is 0.314 e. The molecule has 0 bridgehead atoms. The summed E-state index contributed by atoms with van der Waals surface area (Å²) in [6, 6.07) is 9.47. The minimum Gasteiger partial charge on any atom is -0.494 e. The fraction of sp³-hybridized carbons (Fsp3) is 0.462. The molecule has 0 saturated carbocycles. The van der Waals surface area contributed by atoms with Crippen molar-refractivity contribution >= 4 is 17.6 Å². The first kappa shape index (κ1) is 14.6. The quantitative estimate of drug-likeness (QED) is 0.563. The van der Waals surface area contributed by atoms with Crippen LogP contribution in [0.1, 0.15) is 12.8 Å². The molecule has 0 aliphatic heterocycles. The van der Waals surface area contributed by atoms with Gasteiger partial charge in [-0.2, -0.15) is 0 Å². The Morgan fingerprint density at radius 1 is 1.11 bits per heavy atom. The Morgan fingerprint density at radius 3 is 2.44 bits per heavy atom. The molecule has 5 heteroatoms. The van der Waals surface area contributed by atoms with Gasteiger partial charge in [0.25, 0.3) is 0 Å². The monoisotopic (exact) mass is 270 g/mol. The van der Waals surface area contributed by atoms with E-state index in [1.54, 1.807) is 0 Å². The van der Waals surface area contributed by atoms with Gasteiger partial charge >= 0.3 is 6.03 Å². The predicted octanol–water partition coefficient (Wildman–Crippen LogP) is 2.38. The lowest BCUT2D eigenvalue weighted by atomic mass is 10.3. The first-order chi connectivity index (χ1) is 8.83. The van der Waals surface area contributed by atoms with E-state index in [0.717, 1.165) is 18.6 Å². The lowest BCUT2D eigenvalue weighted by Crippen LogP contribution is -2.37. The minimum absolute atomic E-state index is 0.153. The van der Waals surface area contributed by atoms with Crippen molar-refractivity contribution in [3.8, 4) is 5.75 Å². The summed E-state index contributed by atoms with van der Waals surface area (Å²) in [4.78, 5) is 11.2. The van der Waals surface area contributed by atoms with Crippen LogP contribution >= 0.6 is 11.6 Å². The highest BCUT2D eigenvalue weighted by Crippen LogP contribution is 2.07. The average molecular weight is 271 g/mol. The molecule has 1 aromatic rings. The van der Waals surface area contributed by atoms with E-state index >= 15 is 0 Å². The molecule has 2 amide bonds. The number of halogens is 1. The molecule has 0 fully saturated rings. The van der Waals surface area contributed by atoms with E-state index in [1.807, 2.05) is 30.3 Å². The molecular formula is C13H19ClN2O2. The van der Waals surface area contributed by atoms with E-state index in [2.05, 4.69) is 10.6 Å². The van der Waals surface area contributed by atoms with Crippen molar-refractivity contribution < 1.29 is 9.53 Å². The summed E-state index contributed by atoms with van der Waals surface area (Å²) in [5.41, 5.74) is 0. The first-order valence-corrected chi connectivity index (χ1v) is 6.62. The van der Waals surface area contributed by atoms with Gasteiger partial charge in [-0.25, -0.2) is 4.79 Å². The maximum atomic E-state index is 11.2. The van der Waals surface area contributed by atoms with E-state index in [0.29, 0.717) is 25.6 Å². The maximum absolute atomic E-state index is 11.2. The molecule has 0 aromatic heterocycles. The molecule has 2 N–H and O–H groups in total. The van der Waals surface area contributed by atoms with Gasteiger partial charge in [0, 0.05) is 19.0 Å². The Labute approximate surface area is 113 Å². The molecule has 4 nitrogen and oxygen atoms in total. The molecule has 18 heavy (non-hydrogen) atoms. The zero-order valence-corrected chi connectivity index (χ0v) is 11.1. The van der Waals surface area contributed by atoms with Gasteiger partial charge in [-0.05, 0) is 25.0 Å². The number of ether oxygens (including phenoxy) is 1. The van der Waals surface area contributed by atoms with E-state index in [-0.39, 0.29) is 6.03 Å². The van der Waals surface area contributed by atoms with Crippen molar-refractivity contribution in [2.45, 2.75) is 12.8 Å². The summed E-state index contributed by atoms with van der Waals surface area (Å²) in [5.74, 6) is 1.41. The second-order valence-corrected chi connectivity index (χ2v) is 4.12. The third kappa shape index (κ3) is 7.01. The Bertz CT molecular complexity index is 333. The number of hydrogen-bond donors (Lipinski definition) is 2. The van der Waals surface area contributed by atoms with Crippen molar-refractivity contribution in [1.82, 2.24) is 10.6 Å². The number of para-hydroxylation sites is 1. The van der Waals surface area contributed by atoms with Gasteiger partial charge in [0.2, 0.25) is 0 Å². The number of carbonyl (C=O) groups is 1. The van der Waals surface area contributed by atoms with Crippen molar-refractivity contribution in [1.29, 1.82) is 0 Å². The Balaban J connectivity index is 1.97. The van der Waals surface area contributed by atoms with Gasteiger partial charge in [0.05, 0.1) is 6.61 Å². The van der Waals surface area contributed by atoms with Crippen molar-refractivity contribution in [2.75, 3.05) is 25.6 Å². The van der Waals surface area contributed by atoms with Crippen LogP contribution in [0, 0.1) is 0 Å². The fourth-order valence-corrected chi connectivity index (χ4v) is 1.45. The van der Waals surface area contributed by atoms with E-state index < -0.39 is 0 Å². The van der Waals surface area contributed by atoms with Crippen LogP contribution < -0.4 is 15.4 Å². The number of amides is 2. The number of hydrogen-bond acceptors (Lipinski definition) is 2. The van der Waals surface area contributed by atoms with Crippen LogP contribution in [-0.2, 0) is 0 Å². The van der Waals surface area contributed by atoms with Gasteiger partial charge in [0.15, 0.2) is 0 Å². The Morgan fingerprint density at radius 2 is 1.78 bits per heavy atom. The highest BCUT2D eigenvalue weighted by atomic mass is 35.5. The number of benzene rings is 1. The predicted molar refractivity (Wildman–Crippen MR) is 73.3 cm³/mol. The third-order valence-electron chi connectivity index (χ3n) is 2.21. The molecule has 0 saturated heterocycles. The van der Waals surface area contributed by atoms with Crippen LogP contribution in [0.2, 0.25) is 0 Å². The van der Waals surface area contributed by atoms with Crippen LogP contribution in [0.5, 0.6) is 5.75 Å². The summed E-state index contributed by atoms with van der Waals surface area (Å²) in [6.07, 6.45) is 1.56. The summed E-state index contributed by atoms with van der Waals surface area (Å²) >= 11 is 5.50. The highest BCUT2D eigenvalue weighted by Gasteiger charge is 1.98. The fourth-order valence-electron chi connectivity index (χ4n) is 1.31. The SMILES string of the molecule is O=C(NCCCCl)NCCCOc1ccccc1. The minimum atomic E-state index is -0.153. The molecule has 0 radical (unpaired) electrons. The number of carbonyl (C=O) groups excluding carboxylic acids is 1. The third-order valence-corrected chi connectivity index (χ3v) is 2.48. The van der Waals surface area contributed by atoms with E-state index in [9.17, 15) is 4.79 Å². The van der Waals surface area contributed by atoms with Crippen LogP contribution in [0.15, 0.2) is 30.3 Å². The van der Waals surface area contributed by atoms with Crippen molar-refractivity contribution in [3.63, 3.8) is 0 Å². The molecule has 0 heterocycles. The van der Waals surface area contributed by atoms with Crippen LogP contribution in [-0.4, -0.2) is 31.6 Å². The molecule has 0 spiro atoms. The topological polar surface area (TPSA) is 50.4 Å². The number of alkyl halides is 1. The molecule has 0 atom stereocenters. The number of urea groups is 1. The summed E-state index contributed by atoms with van der Waals surface area (Å²) in [7, 11) is 0.